The molecule has 0 unspecified atom stereocenters. The summed E-state index contributed by atoms with van der Waals surface area (Å²) in [6, 6.07) is 12.6. The number of alkyl halides is 3. The lowest BCUT2D eigenvalue weighted by Gasteiger charge is -2.13. The lowest BCUT2D eigenvalue weighted by Crippen LogP contribution is -2.41. The Morgan fingerprint density at radius 3 is 2.27 bits per heavy atom. The van der Waals surface area contributed by atoms with Crippen LogP contribution in [0.3, 0.4) is 0 Å². The van der Waals surface area contributed by atoms with Gasteiger partial charge in [-0.1, -0.05) is 30.3 Å². The summed E-state index contributed by atoms with van der Waals surface area (Å²) in [7, 11) is 0. The Labute approximate surface area is 191 Å². The van der Waals surface area contributed by atoms with Crippen molar-refractivity contribution in [2.24, 2.45) is 0 Å². The number of benzene rings is 2. The van der Waals surface area contributed by atoms with Crippen molar-refractivity contribution in [2.45, 2.75) is 6.18 Å². The molecule has 2 N–H and O–H groups in total. The second-order valence-corrected chi connectivity index (χ2v) is 7.84. The van der Waals surface area contributed by atoms with Crippen LogP contribution in [0.4, 0.5) is 18.0 Å². The lowest BCUT2D eigenvalue weighted by molar-refractivity contribution is -0.137. The number of rotatable bonds is 7. The first kappa shape index (κ1) is 24.1. The van der Waals surface area contributed by atoms with Gasteiger partial charge in [0.25, 0.3) is 17.1 Å². The van der Waals surface area contributed by atoms with E-state index in [1.807, 2.05) is 18.2 Å². The van der Waals surface area contributed by atoms with Crippen molar-refractivity contribution < 1.29 is 32.3 Å². The molecule has 0 atom stereocenters. The molecule has 2 aromatic carbocycles. The van der Waals surface area contributed by atoms with Gasteiger partial charge in [0.2, 0.25) is 5.91 Å². The van der Waals surface area contributed by atoms with Gasteiger partial charge in [-0.3, -0.25) is 24.1 Å². The first-order valence-corrected chi connectivity index (χ1v) is 10.5. The molecule has 2 aromatic rings. The number of imide groups is 1. The van der Waals surface area contributed by atoms with Crippen molar-refractivity contribution in [2.75, 3.05) is 19.6 Å². The summed E-state index contributed by atoms with van der Waals surface area (Å²) in [5.41, 5.74) is -0.137. The van der Waals surface area contributed by atoms with Crippen LogP contribution in [0.15, 0.2) is 59.5 Å². The molecule has 33 heavy (non-hydrogen) atoms. The van der Waals surface area contributed by atoms with Crippen LogP contribution in [0, 0.1) is 0 Å². The molecule has 0 saturated carbocycles. The van der Waals surface area contributed by atoms with Crippen molar-refractivity contribution >= 4 is 40.8 Å². The fourth-order valence-corrected chi connectivity index (χ4v) is 3.70. The number of hydrogen-bond donors (Lipinski definition) is 2. The van der Waals surface area contributed by atoms with Gasteiger partial charge in [-0.05, 0) is 47.7 Å². The van der Waals surface area contributed by atoms with Crippen molar-refractivity contribution in [3.8, 4) is 0 Å². The van der Waals surface area contributed by atoms with Crippen molar-refractivity contribution in [1.82, 2.24) is 15.5 Å². The van der Waals surface area contributed by atoms with Crippen LogP contribution in [0.5, 0.6) is 0 Å². The van der Waals surface area contributed by atoms with Crippen molar-refractivity contribution in [3.63, 3.8) is 0 Å². The quantitative estimate of drug-likeness (QED) is 0.597. The standard InChI is InChI=1S/C22H18F3N3O4S/c23-22(24,25)16-8-6-15(7-9-16)19(30)27-13-18(29)26-10-11-28-20(31)17(33-21(28)32)12-14-4-2-1-3-5-14/h1-9,12H,10-11,13H2,(H,26,29)(H,27,30). The molecule has 0 spiro atoms. The smallest absolute Gasteiger partial charge is 0.353 e. The van der Waals surface area contributed by atoms with Crippen LogP contribution in [0.25, 0.3) is 6.08 Å². The Balaban J connectivity index is 1.44. The van der Waals surface area contributed by atoms with Crippen LogP contribution >= 0.6 is 11.8 Å². The highest BCUT2D eigenvalue weighted by Gasteiger charge is 2.34. The highest BCUT2D eigenvalue weighted by molar-refractivity contribution is 8.18. The maximum atomic E-state index is 12.6. The second-order valence-electron chi connectivity index (χ2n) is 6.85. The third-order valence-corrected chi connectivity index (χ3v) is 5.42. The third kappa shape index (κ3) is 6.45. The van der Waals surface area contributed by atoms with E-state index in [2.05, 4.69) is 10.6 Å². The fourth-order valence-electron chi connectivity index (χ4n) is 2.84. The maximum absolute atomic E-state index is 12.6. The third-order valence-electron chi connectivity index (χ3n) is 4.51. The summed E-state index contributed by atoms with van der Waals surface area (Å²) < 4.78 is 37.7. The van der Waals surface area contributed by atoms with Crippen LogP contribution in [0.1, 0.15) is 21.5 Å². The molecule has 0 radical (unpaired) electrons. The molecule has 4 amide bonds. The first-order chi connectivity index (χ1) is 15.6. The van der Waals surface area contributed by atoms with E-state index in [4.69, 9.17) is 0 Å². The zero-order valence-corrected chi connectivity index (χ0v) is 17.8. The maximum Gasteiger partial charge on any atom is 0.416 e. The Bertz CT molecular complexity index is 1090. The minimum atomic E-state index is -4.51. The van der Waals surface area contributed by atoms with Gasteiger partial charge in [-0.25, -0.2) is 0 Å². The van der Waals surface area contributed by atoms with Gasteiger partial charge in [0.05, 0.1) is 17.0 Å². The summed E-state index contributed by atoms with van der Waals surface area (Å²) in [5.74, 6) is -1.75. The highest BCUT2D eigenvalue weighted by Crippen LogP contribution is 2.32. The highest BCUT2D eigenvalue weighted by atomic mass is 32.2. The molecule has 1 heterocycles. The number of carbonyl (C=O) groups is 4. The number of amides is 4. The number of halogens is 3. The zero-order chi connectivity index (χ0) is 24.0. The first-order valence-electron chi connectivity index (χ1n) is 9.68. The minimum Gasteiger partial charge on any atom is -0.353 e. The van der Waals surface area contributed by atoms with E-state index in [1.165, 1.54) is 0 Å². The Hall–Kier alpha value is -3.60. The molecule has 1 fully saturated rings. The Morgan fingerprint density at radius 2 is 1.64 bits per heavy atom. The van der Waals surface area contributed by atoms with Crippen molar-refractivity contribution in [3.05, 3.63) is 76.2 Å². The van der Waals surface area contributed by atoms with Crippen LogP contribution in [-0.2, 0) is 15.8 Å². The van der Waals surface area contributed by atoms with Gasteiger partial charge in [0, 0.05) is 18.7 Å². The van der Waals surface area contributed by atoms with Gasteiger partial charge >= 0.3 is 6.18 Å². The molecule has 7 nitrogen and oxygen atoms in total. The van der Waals surface area contributed by atoms with E-state index in [9.17, 15) is 32.3 Å². The van der Waals surface area contributed by atoms with E-state index in [1.54, 1.807) is 18.2 Å². The molecule has 172 valence electrons. The monoisotopic (exact) mass is 477 g/mol. The second kappa shape index (κ2) is 10.3. The van der Waals surface area contributed by atoms with Gasteiger partial charge in [-0.15, -0.1) is 0 Å². The summed E-state index contributed by atoms with van der Waals surface area (Å²) >= 11 is 0.808. The van der Waals surface area contributed by atoms with Crippen LogP contribution < -0.4 is 10.6 Å². The van der Waals surface area contributed by atoms with E-state index in [0.29, 0.717) is 0 Å². The predicted octanol–water partition coefficient (Wildman–Crippen LogP) is 3.29. The largest absolute Gasteiger partial charge is 0.416 e. The fraction of sp³-hybridized carbons (Fsp3) is 0.182. The Kier molecular flexibility index (Phi) is 7.54. The lowest BCUT2D eigenvalue weighted by atomic mass is 10.1. The number of hydrogen-bond acceptors (Lipinski definition) is 5. The van der Waals surface area contributed by atoms with Gasteiger partial charge < -0.3 is 10.6 Å². The summed E-state index contributed by atoms with van der Waals surface area (Å²) in [6.07, 6.45) is -2.90. The predicted molar refractivity (Wildman–Crippen MR) is 116 cm³/mol. The molecule has 0 bridgehead atoms. The Morgan fingerprint density at radius 1 is 0.970 bits per heavy atom. The van der Waals surface area contributed by atoms with Crippen LogP contribution in [-0.4, -0.2) is 47.5 Å². The average Bonchev–Trinajstić information content (AvgIpc) is 3.05. The zero-order valence-electron chi connectivity index (χ0n) is 17.0. The molecular weight excluding hydrogens is 459 g/mol. The molecule has 11 heteroatoms. The van der Waals surface area contributed by atoms with E-state index < -0.39 is 41.2 Å². The molecule has 1 aliphatic rings. The summed E-state index contributed by atoms with van der Waals surface area (Å²) in [5, 5.41) is 4.32. The van der Waals surface area contributed by atoms with Gasteiger partial charge in [0.1, 0.15) is 0 Å². The van der Waals surface area contributed by atoms with E-state index in [-0.39, 0.29) is 23.6 Å². The molecule has 0 aromatic heterocycles. The number of nitrogens with one attached hydrogen (secondary N) is 2. The SMILES string of the molecule is O=C(CNC(=O)c1ccc(C(F)(F)F)cc1)NCCN1C(=O)SC(=Cc2ccccc2)C1=O. The number of nitrogens with zero attached hydrogens (tertiary/aromatic N) is 1. The molecule has 0 aliphatic carbocycles. The van der Waals surface area contributed by atoms with Gasteiger partial charge in [-0.2, -0.15) is 13.2 Å². The topological polar surface area (TPSA) is 95.6 Å². The molecule has 1 aliphatic heterocycles. The van der Waals surface area contributed by atoms with E-state index in [0.717, 1.165) is 46.5 Å². The molecule has 3 rings (SSSR count). The average molecular weight is 477 g/mol. The van der Waals surface area contributed by atoms with Gasteiger partial charge in [0.15, 0.2) is 0 Å². The molecule has 1 saturated heterocycles. The van der Waals surface area contributed by atoms with Crippen LogP contribution in [0.2, 0.25) is 0 Å². The summed E-state index contributed by atoms with van der Waals surface area (Å²) in [6.45, 7) is -0.489. The minimum absolute atomic E-state index is 0.0222. The van der Waals surface area contributed by atoms with E-state index >= 15 is 0 Å². The molecular formula is C22H18F3N3O4S. The number of carbonyl (C=O) groups excluding carboxylic acids is 4. The number of thioether (sulfide) groups is 1. The summed E-state index contributed by atoms with van der Waals surface area (Å²) in [4.78, 5) is 49.7. The normalized spacial score (nSPS) is 15.1. The van der Waals surface area contributed by atoms with Crippen molar-refractivity contribution in [1.29, 1.82) is 0 Å².